The minimum Gasteiger partial charge on any atom is -0.346 e. The first-order valence-electron chi connectivity index (χ1n) is 7.14. The van der Waals surface area contributed by atoms with Gasteiger partial charge in [0.2, 0.25) is 0 Å². The highest BCUT2D eigenvalue weighted by atomic mass is 32.1. The summed E-state index contributed by atoms with van der Waals surface area (Å²) >= 11 is 1.86. The lowest BCUT2D eigenvalue weighted by Gasteiger charge is -2.25. The molecule has 0 aromatic carbocycles. The fraction of sp³-hybridized carbons (Fsp3) is 0.786. The van der Waals surface area contributed by atoms with Gasteiger partial charge in [-0.3, -0.25) is 0 Å². The van der Waals surface area contributed by atoms with Gasteiger partial charge in [-0.05, 0) is 52.0 Å². The van der Waals surface area contributed by atoms with Crippen molar-refractivity contribution in [1.29, 1.82) is 0 Å². The molecule has 3 rings (SSSR count). The second kappa shape index (κ2) is 5.17. The lowest BCUT2D eigenvalue weighted by atomic mass is 10.2. The van der Waals surface area contributed by atoms with Gasteiger partial charge in [0.15, 0.2) is 5.13 Å². The Hall–Kier alpha value is -0.610. The van der Waals surface area contributed by atoms with E-state index in [1.54, 1.807) is 0 Å². The molecule has 1 atom stereocenters. The molecule has 1 N–H and O–H groups in total. The van der Waals surface area contributed by atoms with Gasteiger partial charge in [-0.1, -0.05) is 0 Å². The first-order chi connectivity index (χ1) is 8.72. The van der Waals surface area contributed by atoms with Crippen molar-refractivity contribution in [1.82, 2.24) is 10.3 Å². The molecule has 1 saturated heterocycles. The minimum atomic E-state index is 0.674. The summed E-state index contributed by atoms with van der Waals surface area (Å²) in [6.07, 6.45) is 5.48. The van der Waals surface area contributed by atoms with Crippen molar-refractivity contribution in [2.45, 2.75) is 45.6 Å². The first-order valence-corrected chi connectivity index (χ1v) is 7.96. The van der Waals surface area contributed by atoms with Crippen LogP contribution < -0.4 is 10.2 Å². The number of rotatable bonds is 5. The van der Waals surface area contributed by atoms with Gasteiger partial charge in [-0.2, -0.15) is 0 Å². The minimum absolute atomic E-state index is 0.674. The molecule has 1 aromatic heterocycles. The summed E-state index contributed by atoms with van der Waals surface area (Å²) in [7, 11) is 0. The zero-order valence-corrected chi connectivity index (χ0v) is 12.2. The molecule has 1 unspecified atom stereocenters. The van der Waals surface area contributed by atoms with Gasteiger partial charge in [0.1, 0.15) is 0 Å². The van der Waals surface area contributed by atoms with E-state index in [-0.39, 0.29) is 0 Å². The van der Waals surface area contributed by atoms with Crippen molar-refractivity contribution < 1.29 is 0 Å². The normalized spacial score (nSPS) is 23.6. The van der Waals surface area contributed by atoms with E-state index in [0.717, 1.165) is 12.5 Å². The molecule has 2 fully saturated rings. The van der Waals surface area contributed by atoms with Gasteiger partial charge in [0.05, 0.1) is 5.69 Å². The van der Waals surface area contributed by atoms with Gasteiger partial charge in [-0.15, -0.1) is 11.3 Å². The third kappa shape index (κ3) is 2.86. The maximum absolute atomic E-state index is 4.75. The second-order valence-electron chi connectivity index (χ2n) is 5.78. The molecule has 0 spiro atoms. The van der Waals surface area contributed by atoms with Crippen molar-refractivity contribution in [3.8, 4) is 0 Å². The maximum atomic E-state index is 4.75. The molecular formula is C14H23N3S. The summed E-state index contributed by atoms with van der Waals surface area (Å²) in [6, 6.07) is 0.674. The quantitative estimate of drug-likeness (QED) is 0.887. The van der Waals surface area contributed by atoms with E-state index in [1.165, 1.54) is 54.5 Å². The number of hydrogen-bond acceptors (Lipinski definition) is 4. The lowest BCUT2D eigenvalue weighted by Crippen LogP contribution is -2.38. The number of aromatic nitrogens is 1. The maximum Gasteiger partial charge on any atom is 0.185 e. The molecule has 2 aliphatic rings. The molecule has 2 heterocycles. The molecule has 100 valence electrons. The smallest absolute Gasteiger partial charge is 0.185 e. The number of nitrogens with one attached hydrogen (secondary N) is 1. The zero-order chi connectivity index (χ0) is 12.5. The van der Waals surface area contributed by atoms with Crippen molar-refractivity contribution in [2.75, 3.05) is 24.5 Å². The van der Waals surface area contributed by atoms with Crippen LogP contribution in [0.5, 0.6) is 0 Å². The van der Waals surface area contributed by atoms with Crippen LogP contribution in [-0.4, -0.2) is 30.7 Å². The first kappa shape index (κ1) is 12.4. The standard InChI is InChI=1S/C14H23N3S/c1-10-11(2)18-14(16-10)17(8-12-5-6-12)9-13-4-3-7-15-13/h12-13,15H,3-9H2,1-2H3. The molecule has 1 aliphatic carbocycles. The molecular weight excluding hydrogens is 242 g/mol. The predicted octanol–water partition coefficient (Wildman–Crippen LogP) is 2.73. The van der Waals surface area contributed by atoms with E-state index >= 15 is 0 Å². The van der Waals surface area contributed by atoms with Crippen LogP contribution in [0.15, 0.2) is 0 Å². The summed E-state index contributed by atoms with van der Waals surface area (Å²) in [6.45, 7) is 7.85. The number of anilines is 1. The average molecular weight is 265 g/mol. The van der Waals surface area contributed by atoms with Crippen LogP contribution in [0.2, 0.25) is 0 Å². The van der Waals surface area contributed by atoms with Gasteiger partial charge in [0, 0.05) is 24.0 Å². The molecule has 3 nitrogen and oxygen atoms in total. The monoisotopic (exact) mass is 265 g/mol. The number of aryl methyl sites for hydroxylation is 2. The van der Waals surface area contributed by atoms with Gasteiger partial charge >= 0.3 is 0 Å². The van der Waals surface area contributed by atoms with E-state index in [1.807, 2.05) is 11.3 Å². The van der Waals surface area contributed by atoms with Crippen LogP contribution in [0.25, 0.3) is 0 Å². The molecule has 0 radical (unpaired) electrons. The van der Waals surface area contributed by atoms with E-state index < -0.39 is 0 Å². The number of nitrogens with zero attached hydrogens (tertiary/aromatic N) is 2. The Morgan fingerprint density at radius 3 is 2.67 bits per heavy atom. The average Bonchev–Trinajstić information content (AvgIpc) is 2.88. The molecule has 1 aromatic rings. The van der Waals surface area contributed by atoms with E-state index in [9.17, 15) is 0 Å². The molecule has 4 heteroatoms. The molecule has 18 heavy (non-hydrogen) atoms. The third-order valence-electron chi connectivity index (χ3n) is 4.07. The van der Waals surface area contributed by atoms with Crippen molar-refractivity contribution in [3.63, 3.8) is 0 Å². The summed E-state index contributed by atoms with van der Waals surface area (Å²) in [5.74, 6) is 0.927. The Balaban J connectivity index is 1.70. The third-order valence-corrected chi connectivity index (χ3v) is 5.20. The highest BCUT2D eigenvalue weighted by molar-refractivity contribution is 7.15. The van der Waals surface area contributed by atoms with E-state index in [4.69, 9.17) is 4.98 Å². The molecule has 0 bridgehead atoms. The number of thiazole rings is 1. The Morgan fingerprint density at radius 2 is 2.11 bits per heavy atom. The van der Waals surface area contributed by atoms with Crippen LogP contribution in [0.4, 0.5) is 5.13 Å². The largest absolute Gasteiger partial charge is 0.346 e. The Kier molecular flexibility index (Phi) is 3.57. The SMILES string of the molecule is Cc1nc(N(CC2CC2)CC2CCCN2)sc1C. The van der Waals surface area contributed by atoms with Crippen LogP contribution in [0.3, 0.4) is 0 Å². The topological polar surface area (TPSA) is 28.2 Å². The Morgan fingerprint density at radius 1 is 1.28 bits per heavy atom. The Bertz CT molecular complexity index is 386. The fourth-order valence-electron chi connectivity index (χ4n) is 2.61. The van der Waals surface area contributed by atoms with Crippen molar-refractivity contribution >= 4 is 16.5 Å². The van der Waals surface area contributed by atoms with E-state index in [2.05, 4.69) is 24.1 Å². The van der Waals surface area contributed by atoms with E-state index in [0.29, 0.717) is 6.04 Å². The summed E-state index contributed by atoms with van der Waals surface area (Å²) < 4.78 is 0. The number of hydrogen-bond donors (Lipinski definition) is 1. The zero-order valence-electron chi connectivity index (χ0n) is 11.4. The van der Waals surface area contributed by atoms with Gasteiger partial charge in [0.25, 0.3) is 0 Å². The van der Waals surface area contributed by atoms with Crippen LogP contribution >= 0.6 is 11.3 Å². The second-order valence-corrected chi connectivity index (χ2v) is 6.96. The summed E-state index contributed by atoms with van der Waals surface area (Å²) in [5.41, 5.74) is 1.20. The van der Waals surface area contributed by atoms with Crippen LogP contribution in [0.1, 0.15) is 36.3 Å². The van der Waals surface area contributed by atoms with Crippen molar-refractivity contribution in [2.24, 2.45) is 5.92 Å². The van der Waals surface area contributed by atoms with Crippen LogP contribution in [-0.2, 0) is 0 Å². The predicted molar refractivity (Wildman–Crippen MR) is 77.5 cm³/mol. The lowest BCUT2D eigenvalue weighted by molar-refractivity contribution is 0.569. The fourth-order valence-corrected chi connectivity index (χ4v) is 3.54. The van der Waals surface area contributed by atoms with Gasteiger partial charge in [-0.25, -0.2) is 4.98 Å². The van der Waals surface area contributed by atoms with Crippen LogP contribution in [0, 0.1) is 19.8 Å². The molecule has 1 aliphatic heterocycles. The summed E-state index contributed by atoms with van der Waals surface area (Å²) in [5, 5.41) is 4.85. The summed E-state index contributed by atoms with van der Waals surface area (Å²) in [4.78, 5) is 8.65. The highest BCUT2D eigenvalue weighted by Crippen LogP contribution is 2.33. The Labute approximate surface area is 114 Å². The van der Waals surface area contributed by atoms with Crippen molar-refractivity contribution in [3.05, 3.63) is 10.6 Å². The molecule has 0 amide bonds. The van der Waals surface area contributed by atoms with Gasteiger partial charge < -0.3 is 10.2 Å². The molecule has 1 saturated carbocycles. The highest BCUT2D eigenvalue weighted by Gasteiger charge is 2.28.